The van der Waals surface area contributed by atoms with Gasteiger partial charge in [-0.2, -0.15) is 0 Å². The molecule has 3 nitrogen and oxygen atoms in total. The topological polar surface area (TPSA) is 52.3 Å². The van der Waals surface area contributed by atoms with E-state index in [0.29, 0.717) is 6.61 Å². The first-order chi connectivity index (χ1) is 9.00. The molecule has 0 aromatic heterocycles. The van der Waals surface area contributed by atoms with Crippen LogP contribution in [0.4, 0.5) is 0 Å². The van der Waals surface area contributed by atoms with Crippen LogP contribution in [0.5, 0.6) is 0 Å². The maximum Gasteiger partial charge on any atom is 0.0691 e. The number of hydrogen-bond acceptors (Lipinski definition) is 3. The Kier molecular flexibility index (Phi) is 4.76. The van der Waals surface area contributed by atoms with Crippen molar-refractivity contribution in [3.8, 4) is 0 Å². The Hall–Kier alpha value is -0.710. The van der Waals surface area contributed by atoms with Crippen LogP contribution in [0.3, 0.4) is 0 Å². The van der Waals surface area contributed by atoms with Crippen molar-refractivity contribution in [2.75, 3.05) is 6.61 Å². The van der Waals surface area contributed by atoms with Gasteiger partial charge in [-0.3, -0.25) is 4.21 Å². The third-order valence-corrected chi connectivity index (χ3v) is 6.18. The van der Waals surface area contributed by atoms with Gasteiger partial charge in [0.25, 0.3) is 0 Å². The quantitative estimate of drug-likeness (QED) is 0.921. The van der Waals surface area contributed by atoms with E-state index >= 15 is 0 Å². The number of ether oxygens (including phenoxy) is 1. The van der Waals surface area contributed by atoms with E-state index in [1.807, 2.05) is 38.1 Å². The largest absolute Gasteiger partial charge is 0.377 e. The predicted octanol–water partition coefficient (Wildman–Crippen LogP) is 2.31. The van der Waals surface area contributed by atoms with E-state index in [1.165, 1.54) is 5.56 Å². The molecule has 1 aliphatic rings. The molecule has 1 fully saturated rings. The average molecular weight is 281 g/mol. The van der Waals surface area contributed by atoms with Crippen LogP contribution in [0.15, 0.2) is 24.3 Å². The number of benzene rings is 1. The molecule has 106 valence electrons. The maximum atomic E-state index is 12.6. The van der Waals surface area contributed by atoms with Gasteiger partial charge in [-0.15, -0.1) is 0 Å². The van der Waals surface area contributed by atoms with Crippen molar-refractivity contribution in [3.63, 3.8) is 0 Å². The van der Waals surface area contributed by atoms with E-state index in [9.17, 15) is 4.21 Å². The highest BCUT2D eigenvalue weighted by Crippen LogP contribution is 2.26. The summed E-state index contributed by atoms with van der Waals surface area (Å²) in [6, 6.07) is 7.97. The van der Waals surface area contributed by atoms with Crippen LogP contribution in [-0.4, -0.2) is 27.4 Å². The molecule has 0 saturated carbocycles. The number of nitrogens with two attached hydrogens (primary N) is 1. The van der Waals surface area contributed by atoms with Gasteiger partial charge < -0.3 is 10.5 Å². The van der Waals surface area contributed by atoms with Gasteiger partial charge in [-0.25, -0.2) is 0 Å². The SMILES string of the molecule is Cc1ccc(C(N)C(C)S(=O)C2CCOC2C)cc1. The summed E-state index contributed by atoms with van der Waals surface area (Å²) in [5.74, 6) is 0. The first kappa shape index (κ1) is 14.7. The second kappa shape index (κ2) is 6.16. The molecule has 1 heterocycles. The van der Waals surface area contributed by atoms with Gasteiger partial charge in [-0.05, 0) is 32.8 Å². The second-order valence-electron chi connectivity index (χ2n) is 5.37. The molecule has 0 amide bonds. The van der Waals surface area contributed by atoms with Crippen molar-refractivity contribution in [3.05, 3.63) is 35.4 Å². The molecule has 2 N–H and O–H groups in total. The van der Waals surface area contributed by atoms with Gasteiger partial charge in [-0.1, -0.05) is 29.8 Å². The lowest BCUT2D eigenvalue weighted by Crippen LogP contribution is -2.36. The van der Waals surface area contributed by atoms with Crippen molar-refractivity contribution in [2.45, 2.75) is 49.8 Å². The minimum atomic E-state index is -0.956. The van der Waals surface area contributed by atoms with E-state index in [4.69, 9.17) is 10.5 Å². The highest BCUT2D eigenvalue weighted by molar-refractivity contribution is 7.86. The highest BCUT2D eigenvalue weighted by Gasteiger charge is 2.34. The minimum absolute atomic E-state index is 0.0585. The Labute approximate surface area is 118 Å². The predicted molar refractivity (Wildman–Crippen MR) is 79.5 cm³/mol. The lowest BCUT2D eigenvalue weighted by atomic mass is 10.0. The molecule has 2 rings (SSSR count). The lowest BCUT2D eigenvalue weighted by Gasteiger charge is -2.24. The Balaban J connectivity index is 2.08. The summed E-state index contributed by atoms with van der Waals surface area (Å²) in [6.07, 6.45) is 0.951. The van der Waals surface area contributed by atoms with Gasteiger partial charge in [0.15, 0.2) is 0 Å². The van der Waals surface area contributed by atoms with E-state index in [1.54, 1.807) is 0 Å². The van der Waals surface area contributed by atoms with Gasteiger partial charge in [0.05, 0.1) is 16.6 Å². The zero-order valence-corrected chi connectivity index (χ0v) is 12.7. The highest BCUT2D eigenvalue weighted by atomic mass is 32.2. The molecule has 0 aliphatic carbocycles. The fraction of sp³-hybridized carbons (Fsp3) is 0.600. The molecule has 19 heavy (non-hydrogen) atoms. The minimum Gasteiger partial charge on any atom is -0.377 e. The number of rotatable bonds is 4. The summed E-state index contributed by atoms with van der Waals surface area (Å²) in [7, 11) is -0.956. The maximum absolute atomic E-state index is 12.6. The van der Waals surface area contributed by atoms with Gasteiger partial charge in [0.2, 0.25) is 0 Å². The fourth-order valence-corrected chi connectivity index (χ4v) is 4.28. The summed E-state index contributed by atoms with van der Waals surface area (Å²) in [4.78, 5) is 0. The van der Waals surface area contributed by atoms with Crippen molar-refractivity contribution in [1.82, 2.24) is 0 Å². The Morgan fingerprint density at radius 2 is 2.00 bits per heavy atom. The van der Waals surface area contributed by atoms with E-state index in [-0.39, 0.29) is 22.6 Å². The van der Waals surface area contributed by atoms with Crippen molar-refractivity contribution >= 4 is 10.8 Å². The molecule has 5 atom stereocenters. The van der Waals surface area contributed by atoms with Crippen LogP contribution in [-0.2, 0) is 15.5 Å². The van der Waals surface area contributed by atoms with Gasteiger partial charge in [0.1, 0.15) is 0 Å². The second-order valence-corrected chi connectivity index (χ2v) is 7.38. The molecule has 0 bridgehead atoms. The molecule has 1 aromatic rings. The van der Waals surface area contributed by atoms with Crippen LogP contribution in [0.1, 0.15) is 37.4 Å². The summed E-state index contributed by atoms with van der Waals surface area (Å²) < 4.78 is 18.1. The molecule has 0 spiro atoms. The zero-order valence-electron chi connectivity index (χ0n) is 11.8. The van der Waals surface area contributed by atoms with Crippen LogP contribution in [0, 0.1) is 6.92 Å². The van der Waals surface area contributed by atoms with Crippen LogP contribution in [0.2, 0.25) is 0 Å². The molecule has 5 unspecified atom stereocenters. The Bertz CT molecular complexity index is 446. The van der Waals surface area contributed by atoms with E-state index in [2.05, 4.69) is 6.92 Å². The molecule has 1 aliphatic heterocycles. The molecular weight excluding hydrogens is 258 g/mol. The molecule has 1 aromatic carbocycles. The fourth-order valence-electron chi connectivity index (χ4n) is 2.50. The Morgan fingerprint density at radius 1 is 1.37 bits per heavy atom. The van der Waals surface area contributed by atoms with Crippen molar-refractivity contribution in [2.24, 2.45) is 5.73 Å². The summed E-state index contributed by atoms with van der Waals surface area (Å²) in [5.41, 5.74) is 8.53. The van der Waals surface area contributed by atoms with Crippen molar-refractivity contribution < 1.29 is 8.95 Å². The van der Waals surface area contributed by atoms with Gasteiger partial charge in [0, 0.05) is 23.4 Å². The standard InChI is InChI=1S/C15H23NO2S/c1-10-4-6-13(7-5-10)15(16)12(3)19(17)14-8-9-18-11(14)2/h4-7,11-12,14-15H,8-9,16H2,1-3H3. The Morgan fingerprint density at radius 3 is 2.53 bits per heavy atom. The number of aryl methyl sites for hydroxylation is 1. The third kappa shape index (κ3) is 3.25. The molecule has 0 radical (unpaired) electrons. The van der Waals surface area contributed by atoms with Crippen molar-refractivity contribution in [1.29, 1.82) is 0 Å². The molecule has 4 heteroatoms. The average Bonchev–Trinajstić information content (AvgIpc) is 2.83. The summed E-state index contributed by atoms with van der Waals surface area (Å²) in [5, 5.41) is 0.0587. The number of hydrogen-bond donors (Lipinski definition) is 1. The van der Waals surface area contributed by atoms with Crippen LogP contribution >= 0.6 is 0 Å². The summed E-state index contributed by atoms with van der Waals surface area (Å²) >= 11 is 0. The lowest BCUT2D eigenvalue weighted by molar-refractivity contribution is 0.126. The normalized spacial score (nSPS) is 28.0. The third-order valence-electron chi connectivity index (χ3n) is 3.94. The van der Waals surface area contributed by atoms with Crippen LogP contribution < -0.4 is 5.73 Å². The zero-order chi connectivity index (χ0) is 14.0. The van der Waals surface area contributed by atoms with Crippen LogP contribution in [0.25, 0.3) is 0 Å². The molecular formula is C15H23NO2S. The molecule has 1 saturated heterocycles. The first-order valence-electron chi connectivity index (χ1n) is 6.84. The van der Waals surface area contributed by atoms with Gasteiger partial charge >= 0.3 is 0 Å². The first-order valence-corrected chi connectivity index (χ1v) is 8.11. The monoisotopic (exact) mass is 281 g/mol. The smallest absolute Gasteiger partial charge is 0.0691 e. The van der Waals surface area contributed by atoms with E-state index < -0.39 is 10.8 Å². The van der Waals surface area contributed by atoms with E-state index in [0.717, 1.165) is 12.0 Å². The summed E-state index contributed by atoms with van der Waals surface area (Å²) in [6.45, 7) is 6.74.